The van der Waals surface area contributed by atoms with E-state index in [1.807, 2.05) is 0 Å². The first-order valence-electron chi connectivity index (χ1n) is 6.13. The van der Waals surface area contributed by atoms with Crippen LogP contribution in [-0.4, -0.2) is 6.54 Å². The molecule has 1 N–H and O–H groups in total. The third kappa shape index (κ3) is 4.26. The molecule has 0 aliphatic carbocycles. The van der Waals surface area contributed by atoms with Gasteiger partial charge in [-0.3, -0.25) is 0 Å². The second-order valence-electron chi connectivity index (χ2n) is 4.40. The van der Waals surface area contributed by atoms with Gasteiger partial charge in [0.05, 0.1) is 0 Å². The van der Waals surface area contributed by atoms with E-state index in [0.29, 0.717) is 0 Å². The van der Waals surface area contributed by atoms with Gasteiger partial charge in [-0.25, -0.2) is 0 Å². The molecule has 2 heteroatoms. The molecular formula is C14H22BrN. The fraction of sp³-hybridized carbons (Fsp3) is 0.571. The number of benzene rings is 1. The topological polar surface area (TPSA) is 12.0 Å². The zero-order chi connectivity index (χ0) is 12.0. The first-order valence-corrected chi connectivity index (χ1v) is 6.92. The zero-order valence-electron chi connectivity index (χ0n) is 10.5. The summed E-state index contributed by atoms with van der Waals surface area (Å²) in [6.07, 6.45) is 2.53. The van der Waals surface area contributed by atoms with Crippen molar-refractivity contribution in [2.75, 3.05) is 6.54 Å². The Morgan fingerprint density at radius 1 is 1.25 bits per heavy atom. The summed E-state index contributed by atoms with van der Waals surface area (Å²) in [4.78, 5) is 0. The molecule has 0 saturated carbocycles. The van der Waals surface area contributed by atoms with E-state index in [1.54, 1.807) is 0 Å². The minimum atomic E-state index is 0.816. The maximum absolute atomic E-state index is 3.53. The van der Waals surface area contributed by atoms with Crippen LogP contribution in [0.2, 0.25) is 0 Å². The van der Waals surface area contributed by atoms with Crippen molar-refractivity contribution in [2.24, 2.45) is 5.92 Å². The summed E-state index contributed by atoms with van der Waals surface area (Å²) >= 11 is 3.52. The van der Waals surface area contributed by atoms with Crippen molar-refractivity contribution >= 4 is 15.9 Å². The first kappa shape index (κ1) is 13.7. The molecule has 0 atom stereocenters. The molecule has 0 unspecified atom stereocenters. The van der Waals surface area contributed by atoms with Gasteiger partial charge in [-0.15, -0.1) is 0 Å². The van der Waals surface area contributed by atoms with Crippen molar-refractivity contribution in [2.45, 2.75) is 40.2 Å². The maximum atomic E-state index is 3.53. The largest absolute Gasteiger partial charge is 0.312 e. The summed E-state index contributed by atoms with van der Waals surface area (Å²) < 4.78 is 1.19. The summed E-state index contributed by atoms with van der Waals surface area (Å²) in [6.45, 7) is 8.76. The minimum Gasteiger partial charge on any atom is -0.312 e. The fourth-order valence-corrected chi connectivity index (χ4v) is 2.06. The summed E-state index contributed by atoms with van der Waals surface area (Å²) in [6, 6.07) is 6.55. The van der Waals surface area contributed by atoms with Gasteiger partial charge in [-0.05, 0) is 36.6 Å². The summed E-state index contributed by atoms with van der Waals surface area (Å²) in [7, 11) is 0. The van der Waals surface area contributed by atoms with Gasteiger partial charge in [0.25, 0.3) is 0 Å². The Balaban J connectivity index is 2.40. The molecule has 0 aliphatic heterocycles. The number of nitrogens with one attached hydrogen (secondary N) is 1. The molecule has 16 heavy (non-hydrogen) atoms. The summed E-state index contributed by atoms with van der Waals surface area (Å²) in [5.74, 6) is 0.816. The first-order chi connectivity index (χ1) is 7.67. The molecule has 0 fully saturated rings. The number of halogens is 1. The SMILES string of the molecule is CCC(CC)CNCc1ccc(Br)c(C)c1. The normalized spacial score (nSPS) is 11.1. The fourth-order valence-electron chi connectivity index (χ4n) is 1.81. The van der Waals surface area contributed by atoms with Crippen LogP contribution in [0.5, 0.6) is 0 Å². The average molecular weight is 284 g/mol. The lowest BCUT2D eigenvalue weighted by atomic mass is 10.0. The van der Waals surface area contributed by atoms with Crippen molar-refractivity contribution in [3.05, 3.63) is 33.8 Å². The lowest BCUT2D eigenvalue weighted by Gasteiger charge is -2.13. The van der Waals surface area contributed by atoms with Crippen LogP contribution in [-0.2, 0) is 6.54 Å². The van der Waals surface area contributed by atoms with Crippen molar-refractivity contribution < 1.29 is 0 Å². The Kier molecular flexibility index (Phi) is 6.07. The van der Waals surface area contributed by atoms with Gasteiger partial charge in [0.1, 0.15) is 0 Å². The van der Waals surface area contributed by atoms with Gasteiger partial charge in [-0.1, -0.05) is 54.8 Å². The van der Waals surface area contributed by atoms with Crippen LogP contribution in [0.15, 0.2) is 22.7 Å². The second-order valence-corrected chi connectivity index (χ2v) is 5.25. The molecule has 1 rings (SSSR count). The molecule has 0 aromatic heterocycles. The van der Waals surface area contributed by atoms with Crippen LogP contribution in [0.4, 0.5) is 0 Å². The third-order valence-electron chi connectivity index (χ3n) is 3.14. The van der Waals surface area contributed by atoms with Gasteiger partial charge in [0.15, 0.2) is 0 Å². The highest BCUT2D eigenvalue weighted by Gasteiger charge is 2.02. The van der Waals surface area contributed by atoms with Crippen LogP contribution in [0.25, 0.3) is 0 Å². The van der Waals surface area contributed by atoms with E-state index >= 15 is 0 Å². The Morgan fingerprint density at radius 2 is 1.94 bits per heavy atom. The maximum Gasteiger partial charge on any atom is 0.0205 e. The van der Waals surface area contributed by atoms with Crippen LogP contribution in [0.3, 0.4) is 0 Å². The smallest absolute Gasteiger partial charge is 0.0205 e. The lowest BCUT2D eigenvalue weighted by molar-refractivity contribution is 0.449. The van der Waals surface area contributed by atoms with Gasteiger partial charge >= 0.3 is 0 Å². The molecule has 0 radical (unpaired) electrons. The van der Waals surface area contributed by atoms with Crippen LogP contribution in [0, 0.1) is 12.8 Å². The van der Waals surface area contributed by atoms with E-state index in [9.17, 15) is 0 Å². The average Bonchev–Trinajstić information content (AvgIpc) is 2.29. The predicted octanol–water partition coefficient (Wildman–Crippen LogP) is 4.28. The Hall–Kier alpha value is -0.340. The molecule has 0 aliphatic rings. The molecule has 0 spiro atoms. The standard InChI is InChI=1S/C14H22BrN/c1-4-12(5-2)9-16-10-13-6-7-14(15)11(3)8-13/h6-8,12,16H,4-5,9-10H2,1-3H3. The van der Waals surface area contributed by atoms with E-state index in [-0.39, 0.29) is 0 Å². The Labute approximate surface area is 108 Å². The number of aryl methyl sites for hydroxylation is 1. The quantitative estimate of drug-likeness (QED) is 0.822. The van der Waals surface area contributed by atoms with Crippen LogP contribution in [0.1, 0.15) is 37.8 Å². The van der Waals surface area contributed by atoms with E-state index in [1.165, 1.54) is 28.4 Å². The Morgan fingerprint density at radius 3 is 2.50 bits per heavy atom. The highest BCUT2D eigenvalue weighted by atomic mass is 79.9. The van der Waals surface area contributed by atoms with Gasteiger partial charge < -0.3 is 5.32 Å². The molecule has 90 valence electrons. The molecule has 0 saturated heterocycles. The molecule has 0 amide bonds. The van der Waals surface area contributed by atoms with Crippen molar-refractivity contribution in [1.29, 1.82) is 0 Å². The van der Waals surface area contributed by atoms with Crippen molar-refractivity contribution in [1.82, 2.24) is 5.32 Å². The molecule has 1 nitrogen and oxygen atoms in total. The van der Waals surface area contributed by atoms with Crippen molar-refractivity contribution in [3.8, 4) is 0 Å². The highest BCUT2D eigenvalue weighted by Crippen LogP contribution is 2.17. The van der Waals surface area contributed by atoms with Gasteiger partial charge in [0.2, 0.25) is 0 Å². The zero-order valence-corrected chi connectivity index (χ0v) is 12.1. The van der Waals surface area contributed by atoms with Crippen molar-refractivity contribution in [3.63, 3.8) is 0 Å². The molecule has 1 aromatic carbocycles. The molecule has 0 bridgehead atoms. The molecule has 1 aromatic rings. The minimum absolute atomic E-state index is 0.816. The Bertz CT molecular complexity index is 319. The van der Waals surface area contributed by atoms with Gasteiger partial charge in [0, 0.05) is 11.0 Å². The number of rotatable bonds is 6. The van der Waals surface area contributed by atoms with Crippen LogP contribution < -0.4 is 5.32 Å². The van der Waals surface area contributed by atoms with E-state index < -0.39 is 0 Å². The highest BCUT2D eigenvalue weighted by molar-refractivity contribution is 9.10. The summed E-state index contributed by atoms with van der Waals surface area (Å²) in [5.41, 5.74) is 2.67. The monoisotopic (exact) mass is 283 g/mol. The van der Waals surface area contributed by atoms with E-state index in [4.69, 9.17) is 0 Å². The van der Waals surface area contributed by atoms with E-state index in [0.717, 1.165) is 19.0 Å². The number of hydrogen-bond acceptors (Lipinski definition) is 1. The molecular weight excluding hydrogens is 262 g/mol. The predicted molar refractivity (Wildman–Crippen MR) is 74.7 cm³/mol. The molecule has 0 heterocycles. The lowest BCUT2D eigenvalue weighted by Crippen LogP contribution is -2.21. The number of hydrogen-bond donors (Lipinski definition) is 1. The summed E-state index contributed by atoms with van der Waals surface area (Å²) in [5, 5.41) is 3.53. The van der Waals surface area contributed by atoms with E-state index in [2.05, 4.69) is 60.2 Å². The van der Waals surface area contributed by atoms with Gasteiger partial charge in [-0.2, -0.15) is 0 Å². The third-order valence-corrected chi connectivity index (χ3v) is 4.03. The second kappa shape index (κ2) is 7.08. The van der Waals surface area contributed by atoms with Crippen LogP contribution >= 0.6 is 15.9 Å².